The summed E-state index contributed by atoms with van der Waals surface area (Å²) in [6.07, 6.45) is 2.69. The van der Waals surface area contributed by atoms with Gasteiger partial charge >= 0.3 is 0 Å². The van der Waals surface area contributed by atoms with Crippen LogP contribution < -0.4 is 0 Å². The van der Waals surface area contributed by atoms with Crippen LogP contribution in [0, 0.1) is 26.6 Å². The number of hydrogen-bond donors (Lipinski definition) is 1. The lowest BCUT2D eigenvalue weighted by atomic mass is 9.90. The fourth-order valence-corrected chi connectivity index (χ4v) is 4.53. The van der Waals surface area contributed by atoms with E-state index in [4.69, 9.17) is 0 Å². The van der Waals surface area contributed by atoms with Crippen LogP contribution in [0.3, 0.4) is 0 Å². The van der Waals surface area contributed by atoms with Gasteiger partial charge in [-0.2, -0.15) is 0 Å². The van der Waals surface area contributed by atoms with E-state index < -0.39 is 5.82 Å². The molecule has 0 bridgehead atoms. The maximum Gasteiger partial charge on any atom is 0.269 e. The molecule has 2 heterocycles. The van der Waals surface area contributed by atoms with E-state index in [1.165, 1.54) is 17.4 Å². The highest BCUT2D eigenvalue weighted by Gasteiger charge is 2.24. The maximum atomic E-state index is 15.9. The third kappa shape index (κ3) is 4.06. The quantitative estimate of drug-likeness (QED) is 0.575. The summed E-state index contributed by atoms with van der Waals surface area (Å²) >= 11 is 0. The van der Waals surface area contributed by atoms with Crippen LogP contribution in [-0.2, 0) is 4.79 Å². The van der Waals surface area contributed by atoms with Crippen molar-refractivity contribution in [3.63, 3.8) is 0 Å². The van der Waals surface area contributed by atoms with E-state index in [9.17, 15) is 9.59 Å². The number of benzene rings is 2. The highest BCUT2D eigenvalue weighted by atomic mass is 19.1. The van der Waals surface area contributed by atoms with Crippen LogP contribution in [0.1, 0.15) is 47.5 Å². The van der Waals surface area contributed by atoms with Crippen molar-refractivity contribution in [2.45, 2.75) is 34.1 Å². The molecule has 1 aliphatic heterocycles. The summed E-state index contributed by atoms with van der Waals surface area (Å²) in [7, 11) is 3.35. The average Bonchev–Trinajstić information content (AvgIpc) is 3.22. The summed E-state index contributed by atoms with van der Waals surface area (Å²) in [6, 6.07) is 7.88. The van der Waals surface area contributed by atoms with Gasteiger partial charge in [-0.1, -0.05) is 18.2 Å². The second-order valence-corrected chi connectivity index (χ2v) is 9.17. The molecule has 0 fully saturated rings. The average molecular weight is 450 g/mol. The Balaban J connectivity index is 0.00000324. The Morgan fingerprint density at radius 1 is 1.00 bits per heavy atom. The summed E-state index contributed by atoms with van der Waals surface area (Å²) in [5.41, 5.74) is 7.21. The van der Waals surface area contributed by atoms with Gasteiger partial charge in [-0.15, -0.1) is 0 Å². The van der Waals surface area contributed by atoms with Crippen molar-refractivity contribution in [1.82, 2.24) is 14.8 Å². The zero-order valence-corrected chi connectivity index (χ0v) is 20.1. The molecule has 0 unspecified atom stereocenters. The van der Waals surface area contributed by atoms with Gasteiger partial charge in [0.1, 0.15) is 5.69 Å². The number of carbonyl (C=O) groups is 2. The van der Waals surface area contributed by atoms with Crippen molar-refractivity contribution in [2.24, 2.45) is 0 Å². The zero-order valence-electron chi connectivity index (χ0n) is 20.1. The first kappa shape index (κ1) is 22.8. The molecule has 5 nitrogen and oxygen atoms in total. The van der Waals surface area contributed by atoms with Crippen molar-refractivity contribution in [1.29, 1.82) is 0 Å². The molecule has 0 radical (unpaired) electrons. The lowest BCUT2D eigenvalue weighted by molar-refractivity contribution is -0.128. The van der Waals surface area contributed by atoms with Crippen molar-refractivity contribution >= 4 is 28.3 Å². The van der Waals surface area contributed by atoms with E-state index in [1.807, 2.05) is 19.1 Å². The van der Waals surface area contributed by atoms with Crippen LogP contribution in [0.15, 0.2) is 30.3 Å². The number of aromatic amines is 1. The van der Waals surface area contributed by atoms with Crippen LogP contribution >= 0.6 is 0 Å². The minimum absolute atomic E-state index is 0. The molecule has 0 saturated carbocycles. The predicted molar refractivity (Wildman–Crippen MR) is 133 cm³/mol. The second kappa shape index (κ2) is 8.50. The molecule has 6 heteroatoms. The third-order valence-electron chi connectivity index (χ3n) is 6.56. The molecule has 3 aromatic rings. The van der Waals surface area contributed by atoms with Crippen molar-refractivity contribution in [2.75, 3.05) is 27.2 Å². The monoisotopic (exact) mass is 449 g/mol. The Hall–Kier alpha value is -3.41. The lowest BCUT2D eigenvalue weighted by Crippen LogP contribution is -2.33. The van der Waals surface area contributed by atoms with Gasteiger partial charge in [0.2, 0.25) is 5.91 Å². The van der Waals surface area contributed by atoms with Crippen LogP contribution in [0.2, 0.25) is 0 Å². The Kier molecular flexibility index (Phi) is 5.87. The molecule has 0 saturated heterocycles. The normalized spacial score (nSPS) is 13.9. The zero-order chi connectivity index (χ0) is 24.0. The molecule has 0 spiro atoms. The molecule has 1 aromatic heterocycles. The van der Waals surface area contributed by atoms with E-state index in [0.717, 1.165) is 27.8 Å². The standard InChI is InChI=1S/C27H30FN3O2.H2/c1-15-10-17(3)20(11-16(15)2)22-12-21(19-8-7-9-31(14-19)18(4)32)25(28)26-23(22)13-24(29-26)27(33)30(5)6;/h8,10-13,29H,7,9,14H2,1-6H3;1H. The van der Waals surface area contributed by atoms with Gasteiger partial charge in [-0.3, -0.25) is 9.59 Å². The number of aryl methyl sites for hydroxylation is 3. The number of H-pyrrole nitrogens is 1. The fraction of sp³-hybridized carbons (Fsp3) is 0.333. The van der Waals surface area contributed by atoms with Gasteiger partial charge < -0.3 is 14.8 Å². The molecule has 1 aliphatic rings. The Morgan fingerprint density at radius 2 is 1.70 bits per heavy atom. The smallest absolute Gasteiger partial charge is 0.269 e. The van der Waals surface area contributed by atoms with E-state index in [1.54, 1.807) is 25.1 Å². The van der Waals surface area contributed by atoms with Crippen LogP contribution in [0.25, 0.3) is 27.6 Å². The number of nitrogens with zero attached hydrogens (tertiary/aromatic N) is 2. The van der Waals surface area contributed by atoms with Gasteiger partial charge in [0.15, 0.2) is 5.82 Å². The largest absolute Gasteiger partial charge is 0.348 e. The lowest BCUT2D eigenvalue weighted by Gasteiger charge is -2.27. The summed E-state index contributed by atoms with van der Waals surface area (Å²) in [5, 5.41) is 0.674. The number of rotatable bonds is 3. The molecule has 174 valence electrons. The number of aromatic nitrogens is 1. The van der Waals surface area contributed by atoms with Gasteiger partial charge in [-0.05, 0) is 72.7 Å². The highest BCUT2D eigenvalue weighted by molar-refractivity contribution is 6.05. The Bertz CT molecular complexity index is 1320. The molecular weight excluding hydrogens is 417 g/mol. The summed E-state index contributed by atoms with van der Waals surface area (Å²) < 4.78 is 15.9. The van der Waals surface area contributed by atoms with Crippen LogP contribution in [0.5, 0.6) is 0 Å². The first-order valence-electron chi connectivity index (χ1n) is 11.2. The molecule has 1 N–H and O–H groups in total. The maximum absolute atomic E-state index is 15.9. The van der Waals surface area contributed by atoms with Crippen LogP contribution in [-0.4, -0.2) is 53.8 Å². The minimum atomic E-state index is -0.398. The number of carbonyl (C=O) groups excluding carboxylic acids is 2. The first-order chi connectivity index (χ1) is 15.6. The minimum Gasteiger partial charge on any atom is -0.348 e. The van der Waals surface area contributed by atoms with Crippen molar-refractivity contribution < 1.29 is 15.4 Å². The molecule has 0 atom stereocenters. The number of fused-ring (bicyclic) bond motifs is 1. The molecule has 4 rings (SSSR count). The number of nitrogens with one attached hydrogen (secondary N) is 1. The van der Waals surface area contributed by atoms with Gasteiger partial charge in [-0.25, -0.2) is 4.39 Å². The molecule has 2 aromatic carbocycles. The second-order valence-electron chi connectivity index (χ2n) is 9.17. The summed E-state index contributed by atoms with van der Waals surface area (Å²) in [6.45, 7) is 8.73. The summed E-state index contributed by atoms with van der Waals surface area (Å²) in [5.74, 6) is -0.634. The van der Waals surface area contributed by atoms with E-state index >= 15 is 4.39 Å². The number of amides is 2. The van der Waals surface area contributed by atoms with Gasteiger partial charge in [0, 0.05) is 46.5 Å². The third-order valence-corrected chi connectivity index (χ3v) is 6.56. The van der Waals surface area contributed by atoms with Gasteiger partial charge in [0.05, 0.1) is 5.52 Å². The molecule has 0 aliphatic carbocycles. The van der Waals surface area contributed by atoms with E-state index in [-0.39, 0.29) is 13.2 Å². The van der Waals surface area contributed by atoms with Crippen molar-refractivity contribution in [3.8, 4) is 11.1 Å². The SMILES string of the molecule is CC(=O)N1CCC=C(c2cc(-c3cc(C)c(C)cc3C)c3cc(C(=O)N(C)C)[nH]c3c2F)C1.[HH]. The molecular formula is C27H32FN3O2. The highest BCUT2D eigenvalue weighted by Crippen LogP contribution is 2.38. The molecule has 2 amide bonds. The first-order valence-corrected chi connectivity index (χ1v) is 11.2. The fourth-order valence-electron chi connectivity index (χ4n) is 4.53. The van der Waals surface area contributed by atoms with E-state index in [2.05, 4.69) is 31.0 Å². The predicted octanol–water partition coefficient (Wildman–Crippen LogP) is 5.48. The number of halogens is 1. The van der Waals surface area contributed by atoms with E-state index in [0.29, 0.717) is 41.7 Å². The Morgan fingerprint density at radius 3 is 2.36 bits per heavy atom. The van der Waals surface area contributed by atoms with Crippen molar-refractivity contribution in [3.05, 3.63) is 64.1 Å². The topological polar surface area (TPSA) is 56.4 Å². The number of hydrogen-bond acceptors (Lipinski definition) is 2. The molecule has 33 heavy (non-hydrogen) atoms. The van der Waals surface area contributed by atoms with Gasteiger partial charge in [0.25, 0.3) is 5.91 Å². The Labute approximate surface area is 195 Å². The summed E-state index contributed by atoms with van der Waals surface area (Å²) in [4.78, 5) is 30.9. The van der Waals surface area contributed by atoms with Crippen LogP contribution in [0.4, 0.5) is 4.39 Å².